The summed E-state index contributed by atoms with van der Waals surface area (Å²) in [4.78, 5) is 11.4. The van der Waals surface area contributed by atoms with Gasteiger partial charge in [0, 0.05) is 11.7 Å². The van der Waals surface area contributed by atoms with Gasteiger partial charge in [-0.1, -0.05) is 6.07 Å². The zero-order valence-corrected chi connectivity index (χ0v) is 11.6. The molecule has 0 spiro atoms. The van der Waals surface area contributed by atoms with Crippen LogP contribution in [0.4, 0.5) is 5.69 Å². The molecule has 0 radical (unpaired) electrons. The van der Waals surface area contributed by atoms with E-state index < -0.39 is 15.8 Å². The third-order valence-corrected chi connectivity index (χ3v) is 4.94. The van der Waals surface area contributed by atoms with Gasteiger partial charge in [-0.2, -0.15) is 0 Å². The van der Waals surface area contributed by atoms with Crippen LogP contribution in [0.25, 0.3) is 0 Å². The third kappa shape index (κ3) is 3.70. The molecule has 2 rings (SSSR count). The Morgan fingerprint density at radius 3 is 2.89 bits per heavy atom. The highest BCUT2D eigenvalue weighted by Crippen LogP contribution is 2.18. The monoisotopic (exact) mass is 283 g/mol. The van der Waals surface area contributed by atoms with Gasteiger partial charge >= 0.3 is 5.97 Å². The van der Waals surface area contributed by atoms with Crippen molar-refractivity contribution in [1.82, 2.24) is 0 Å². The van der Waals surface area contributed by atoms with Gasteiger partial charge in [-0.05, 0) is 31.0 Å². The molecular weight excluding hydrogens is 266 g/mol. The number of methoxy groups -OCH3 is 1. The molecule has 1 N–H and O–H groups in total. The lowest BCUT2D eigenvalue weighted by atomic mass is 10.1. The second kappa shape index (κ2) is 5.61. The van der Waals surface area contributed by atoms with Crippen molar-refractivity contribution >= 4 is 21.5 Å². The molecule has 0 bridgehead atoms. The average Bonchev–Trinajstić information content (AvgIpc) is 2.37. The molecule has 1 aliphatic rings. The van der Waals surface area contributed by atoms with Crippen LogP contribution in [0, 0.1) is 0 Å². The second-order valence-corrected chi connectivity index (χ2v) is 6.90. The van der Waals surface area contributed by atoms with Gasteiger partial charge in [-0.15, -0.1) is 0 Å². The molecule has 0 aromatic heterocycles. The molecule has 19 heavy (non-hydrogen) atoms. The van der Waals surface area contributed by atoms with Gasteiger partial charge in [-0.3, -0.25) is 0 Å². The number of carbonyl (C=O) groups is 1. The van der Waals surface area contributed by atoms with Gasteiger partial charge in [0.1, 0.15) is 0 Å². The van der Waals surface area contributed by atoms with Crippen LogP contribution in [-0.2, 0) is 14.6 Å². The number of benzene rings is 1. The predicted octanol–water partition coefficient (Wildman–Crippen LogP) is 1.46. The zero-order chi connectivity index (χ0) is 13.9. The van der Waals surface area contributed by atoms with Crippen molar-refractivity contribution in [1.29, 1.82) is 0 Å². The topological polar surface area (TPSA) is 72.5 Å². The predicted molar refractivity (Wildman–Crippen MR) is 73.1 cm³/mol. The second-order valence-electron chi connectivity index (χ2n) is 4.67. The zero-order valence-electron chi connectivity index (χ0n) is 10.8. The van der Waals surface area contributed by atoms with Gasteiger partial charge in [0.05, 0.1) is 24.2 Å². The van der Waals surface area contributed by atoms with Crippen molar-refractivity contribution < 1.29 is 17.9 Å². The van der Waals surface area contributed by atoms with E-state index in [1.807, 2.05) is 6.07 Å². The largest absolute Gasteiger partial charge is 0.465 e. The van der Waals surface area contributed by atoms with Crippen LogP contribution in [0.3, 0.4) is 0 Å². The summed E-state index contributed by atoms with van der Waals surface area (Å²) in [5.41, 5.74) is 1.19. The number of hydrogen-bond donors (Lipinski definition) is 1. The first-order valence-corrected chi connectivity index (χ1v) is 7.98. The van der Waals surface area contributed by atoms with E-state index in [2.05, 4.69) is 10.1 Å². The molecule has 5 nitrogen and oxygen atoms in total. The van der Waals surface area contributed by atoms with Crippen LogP contribution < -0.4 is 5.32 Å². The van der Waals surface area contributed by atoms with Crippen molar-refractivity contribution in [3.05, 3.63) is 29.8 Å². The Labute approximate surface area is 112 Å². The average molecular weight is 283 g/mol. The Morgan fingerprint density at radius 2 is 2.21 bits per heavy atom. The molecule has 6 heteroatoms. The maximum atomic E-state index is 11.6. The molecule has 0 aliphatic carbocycles. The number of anilines is 1. The van der Waals surface area contributed by atoms with E-state index >= 15 is 0 Å². The van der Waals surface area contributed by atoms with Crippen LogP contribution in [-0.4, -0.2) is 39.0 Å². The Hall–Kier alpha value is -1.56. The highest BCUT2D eigenvalue weighted by molar-refractivity contribution is 7.91. The van der Waals surface area contributed by atoms with Crippen LogP contribution >= 0.6 is 0 Å². The van der Waals surface area contributed by atoms with E-state index in [-0.39, 0.29) is 17.5 Å². The Morgan fingerprint density at radius 1 is 1.42 bits per heavy atom. The highest BCUT2D eigenvalue weighted by Gasteiger charge is 2.24. The van der Waals surface area contributed by atoms with Crippen molar-refractivity contribution in [2.24, 2.45) is 0 Å². The van der Waals surface area contributed by atoms with Gasteiger partial charge in [0.25, 0.3) is 0 Å². The maximum Gasteiger partial charge on any atom is 0.337 e. The summed E-state index contributed by atoms with van der Waals surface area (Å²) in [5, 5.41) is 3.17. The first kappa shape index (κ1) is 13.9. The highest BCUT2D eigenvalue weighted by atomic mass is 32.2. The molecule has 0 amide bonds. The Bertz CT molecular complexity index is 568. The lowest BCUT2D eigenvalue weighted by Gasteiger charge is -2.24. The van der Waals surface area contributed by atoms with Crippen molar-refractivity contribution in [3.8, 4) is 0 Å². The normalized spacial score (nSPS) is 21.6. The molecule has 1 unspecified atom stereocenters. The van der Waals surface area contributed by atoms with Gasteiger partial charge < -0.3 is 10.1 Å². The molecular formula is C13H17NO4S. The number of esters is 1. The van der Waals surface area contributed by atoms with Crippen LogP contribution in [0.2, 0.25) is 0 Å². The van der Waals surface area contributed by atoms with Crippen LogP contribution in [0.5, 0.6) is 0 Å². The number of carbonyl (C=O) groups excluding carboxylic acids is 1. The van der Waals surface area contributed by atoms with Crippen LogP contribution in [0.15, 0.2) is 24.3 Å². The molecule has 1 saturated heterocycles. The maximum absolute atomic E-state index is 11.6. The molecule has 1 fully saturated rings. The molecule has 1 aromatic carbocycles. The molecule has 0 saturated carbocycles. The van der Waals surface area contributed by atoms with E-state index in [9.17, 15) is 13.2 Å². The fourth-order valence-corrected chi connectivity index (χ4v) is 3.86. The van der Waals surface area contributed by atoms with E-state index in [1.54, 1.807) is 18.2 Å². The first-order valence-electron chi connectivity index (χ1n) is 6.15. The SMILES string of the molecule is COC(=O)c1cccc(NC2CCCS(=O)(=O)C2)c1. The summed E-state index contributed by atoms with van der Waals surface area (Å²) < 4.78 is 27.8. The summed E-state index contributed by atoms with van der Waals surface area (Å²) in [5.74, 6) is 0.0166. The quantitative estimate of drug-likeness (QED) is 0.850. The minimum Gasteiger partial charge on any atom is -0.465 e. The van der Waals surface area contributed by atoms with E-state index in [1.165, 1.54) is 7.11 Å². The fourth-order valence-electron chi connectivity index (χ4n) is 2.23. The van der Waals surface area contributed by atoms with Crippen LogP contribution in [0.1, 0.15) is 23.2 Å². The number of nitrogens with one attached hydrogen (secondary N) is 1. The summed E-state index contributed by atoms with van der Waals surface area (Å²) >= 11 is 0. The summed E-state index contributed by atoms with van der Waals surface area (Å²) in [6.07, 6.45) is 1.50. The molecule has 1 aliphatic heterocycles. The third-order valence-electron chi connectivity index (χ3n) is 3.12. The van der Waals surface area contributed by atoms with Crippen molar-refractivity contribution in [2.45, 2.75) is 18.9 Å². The molecule has 104 valence electrons. The molecule has 1 heterocycles. The van der Waals surface area contributed by atoms with Gasteiger partial charge in [0.15, 0.2) is 9.84 Å². The fraction of sp³-hybridized carbons (Fsp3) is 0.462. The Balaban J connectivity index is 2.09. The van der Waals surface area contributed by atoms with Gasteiger partial charge in [-0.25, -0.2) is 13.2 Å². The first-order chi connectivity index (χ1) is 9.00. The van der Waals surface area contributed by atoms with E-state index in [0.29, 0.717) is 12.0 Å². The molecule has 1 atom stereocenters. The smallest absolute Gasteiger partial charge is 0.337 e. The van der Waals surface area contributed by atoms with E-state index in [4.69, 9.17) is 0 Å². The molecule has 1 aromatic rings. The minimum absolute atomic E-state index is 0.0911. The lowest BCUT2D eigenvalue weighted by molar-refractivity contribution is 0.0601. The summed E-state index contributed by atoms with van der Waals surface area (Å²) in [6.45, 7) is 0. The number of ether oxygens (including phenoxy) is 1. The number of sulfone groups is 1. The van der Waals surface area contributed by atoms with Crippen molar-refractivity contribution in [3.63, 3.8) is 0 Å². The number of rotatable bonds is 3. The van der Waals surface area contributed by atoms with Gasteiger partial charge in [0.2, 0.25) is 0 Å². The van der Waals surface area contributed by atoms with Crippen molar-refractivity contribution in [2.75, 3.05) is 23.9 Å². The minimum atomic E-state index is -2.94. The van der Waals surface area contributed by atoms with E-state index in [0.717, 1.165) is 12.1 Å². The number of hydrogen-bond acceptors (Lipinski definition) is 5. The lowest BCUT2D eigenvalue weighted by Crippen LogP contribution is -2.34. The summed E-state index contributed by atoms with van der Waals surface area (Å²) in [7, 11) is -1.61. The Kier molecular flexibility index (Phi) is 4.09. The standard InChI is InChI=1S/C13H17NO4S/c1-18-13(15)10-4-2-5-11(8-10)14-12-6-3-7-19(16,17)9-12/h2,4-5,8,12,14H,3,6-7,9H2,1H3. The summed E-state index contributed by atoms with van der Waals surface area (Å²) in [6, 6.07) is 6.80.